The molecular formula is C19H21N3O3S2. The normalized spacial score (nSPS) is 12.9. The first-order valence-corrected chi connectivity index (χ1v) is 10.6. The van der Waals surface area contributed by atoms with Gasteiger partial charge in [0.15, 0.2) is 4.80 Å². The maximum atomic E-state index is 12.6. The molecule has 0 radical (unpaired) electrons. The van der Waals surface area contributed by atoms with Crippen LogP contribution < -0.4 is 4.80 Å². The zero-order valence-corrected chi connectivity index (χ0v) is 17.5. The van der Waals surface area contributed by atoms with Crippen LogP contribution in [-0.2, 0) is 17.1 Å². The van der Waals surface area contributed by atoms with Gasteiger partial charge in [-0.05, 0) is 49.2 Å². The van der Waals surface area contributed by atoms with Crippen molar-refractivity contribution in [3.05, 3.63) is 57.9 Å². The fourth-order valence-corrected chi connectivity index (χ4v) is 4.87. The highest BCUT2D eigenvalue weighted by Crippen LogP contribution is 2.24. The molecular weight excluding hydrogens is 382 g/mol. The highest BCUT2D eigenvalue weighted by atomic mass is 32.2. The lowest BCUT2D eigenvalue weighted by molar-refractivity contribution is 0.0998. The van der Waals surface area contributed by atoms with Crippen LogP contribution in [0.15, 0.2) is 46.3 Å². The SMILES string of the molecule is Cc1ccc(C)c2c1sc(=NC(=O)c1ccc(S(=O)(=O)N(C)C)cc1)n2C. The number of benzene rings is 2. The molecule has 27 heavy (non-hydrogen) atoms. The molecule has 0 saturated heterocycles. The summed E-state index contributed by atoms with van der Waals surface area (Å²) in [5, 5.41) is 0. The van der Waals surface area contributed by atoms with E-state index in [-0.39, 0.29) is 4.90 Å². The number of hydrogen-bond acceptors (Lipinski definition) is 4. The predicted molar refractivity (Wildman–Crippen MR) is 107 cm³/mol. The molecule has 0 N–H and O–H groups in total. The minimum atomic E-state index is -3.52. The highest BCUT2D eigenvalue weighted by Gasteiger charge is 2.17. The summed E-state index contributed by atoms with van der Waals surface area (Å²) in [5.41, 5.74) is 3.68. The zero-order valence-electron chi connectivity index (χ0n) is 15.8. The van der Waals surface area contributed by atoms with Gasteiger partial charge in [0.2, 0.25) is 10.0 Å². The van der Waals surface area contributed by atoms with E-state index in [0.717, 1.165) is 25.6 Å². The van der Waals surface area contributed by atoms with Gasteiger partial charge in [-0.1, -0.05) is 23.5 Å². The van der Waals surface area contributed by atoms with Crippen LogP contribution in [0.3, 0.4) is 0 Å². The molecule has 142 valence electrons. The maximum Gasteiger partial charge on any atom is 0.279 e. The standard InChI is InChI=1S/C19H21N3O3S2/c1-12-6-7-13(2)17-16(12)22(5)19(26-17)20-18(23)14-8-10-15(11-9-14)27(24,25)21(3)4/h6-11H,1-5H3. The summed E-state index contributed by atoms with van der Waals surface area (Å²) in [6, 6.07) is 9.95. The average Bonchev–Trinajstić information content (AvgIpc) is 2.96. The van der Waals surface area contributed by atoms with Crippen LogP contribution in [0.5, 0.6) is 0 Å². The number of aromatic nitrogens is 1. The summed E-state index contributed by atoms with van der Waals surface area (Å²) in [6.07, 6.45) is 0. The van der Waals surface area contributed by atoms with Gasteiger partial charge >= 0.3 is 0 Å². The van der Waals surface area contributed by atoms with Crippen LogP contribution >= 0.6 is 11.3 Å². The highest BCUT2D eigenvalue weighted by molar-refractivity contribution is 7.89. The Balaban J connectivity index is 2.03. The number of fused-ring (bicyclic) bond motifs is 1. The molecule has 8 heteroatoms. The van der Waals surface area contributed by atoms with Crippen molar-refractivity contribution < 1.29 is 13.2 Å². The lowest BCUT2D eigenvalue weighted by Crippen LogP contribution is -2.22. The van der Waals surface area contributed by atoms with Crippen molar-refractivity contribution in [1.29, 1.82) is 0 Å². The number of carbonyl (C=O) groups is 1. The van der Waals surface area contributed by atoms with Gasteiger partial charge in [0.05, 0.1) is 15.1 Å². The molecule has 0 saturated carbocycles. The van der Waals surface area contributed by atoms with E-state index in [1.54, 1.807) is 0 Å². The van der Waals surface area contributed by atoms with Gasteiger partial charge in [0.25, 0.3) is 5.91 Å². The second-order valence-corrected chi connectivity index (χ2v) is 9.68. The Bertz CT molecular complexity index is 1200. The van der Waals surface area contributed by atoms with Crippen LogP contribution in [0, 0.1) is 13.8 Å². The van der Waals surface area contributed by atoms with Crippen molar-refractivity contribution in [3.63, 3.8) is 0 Å². The maximum absolute atomic E-state index is 12.6. The summed E-state index contributed by atoms with van der Waals surface area (Å²) in [7, 11) is 1.31. The molecule has 1 heterocycles. The third kappa shape index (κ3) is 3.47. The van der Waals surface area contributed by atoms with Crippen LogP contribution in [0.2, 0.25) is 0 Å². The molecule has 0 bridgehead atoms. The van der Waals surface area contributed by atoms with Crippen LogP contribution in [0.4, 0.5) is 0 Å². The van der Waals surface area contributed by atoms with Crippen molar-refractivity contribution in [2.75, 3.05) is 14.1 Å². The van der Waals surface area contributed by atoms with E-state index in [1.165, 1.54) is 49.7 Å². The molecule has 3 aromatic rings. The molecule has 3 rings (SSSR count). The number of amides is 1. The molecule has 1 aromatic heterocycles. The molecule has 2 aromatic carbocycles. The Labute approximate surface area is 162 Å². The number of nitrogens with zero attached hydrogens (tertiary/aromatic N) is 3. The van der Waals surface area contributed by atoms with Crippen LogP contribution in [0.1, 0.15) is 21.5 Å². The summed E-state index contributed by atoms with van der Waals surface area (Å²) >= 11 is 1.47. The lowest BCUT2D eigenvalue weighted by Gasteiger charge is -2.11. The Morgan fingerprint density at radius 3 is 2.19 bits per heavy atom. The van der Waals surface area contributed by atoms with Crippen LogP contribution in [0.25, 0.3) is 10.2 Å². The molecule has 1 amide bonds. The first-order valence-electron chi connectivity index (χ1n) is 8.30. The van der Waals surface area contributed by atoms with Gasteiger partial charge < -0.3 is 4.57 Å². The molecule has 0 atom stereocenters. The minimum absolute atomic E-state index is 0.141. The summed E-state index contributed by atoms with van der Waals surface area (Å²) in [4.78, 5) is 17.6. The summed E-state index contributed by atoms with van der Waals surface area (Å²) < 4.78 is 28.4. The Morgan fingerprint density at radius 2 is 1.63 bits per heavy atom. The van der Waals surface area contributed by atoms with Gasteiger partial charge in [0.1, 0.15) is 0 Å². The van der Waals surface area contributed by atoms with E-state index >= 15 is 0 Å². The topological polar surface area (TPSA) is 71.7 Å². The number of sulfonamides is 1. The molecule has 0 aliphatic rings. The second-order valence-electron chi connectivity index (χ2n) is 6.55. The number of rotatable bonds is 3. The monoisotopic (exact) mass is 403 g/mol. The van der Waals surface area contributed by atoms with E-state index in [9.17, 15) is 13.2 Å². The van der Waals surface area contributed by atoms with Gasteiger partial charge in [0, 0.05) is 26.7 Å². The van der Waals surface area contributed by atoms with E-state index in [0.29, 0.717) is 10.4 Å². The predicted octanol–water partition coefficient (Wildman–Crippen LogP) is 2.85. The Kier molecular flexibility index (Phi) is 5.07. The van der Waals surface area contributed by atoms with Crippen molar-refractivity contribution in [2.45, 2.75) is 18.7 Å². The Hall–Kier alpha value is -2.29. The average molecular weight is 404 g/mol. The largest absolute Gasteiger partial charge is 0.319 e. The van der Waals surface area contributed by atoms with Gasteiger partial charge in [-0.15, -0.1) is 0 Å². The number of carbonyl (C=O) groups excluding carboxylic acids is 1. The van der Waals surface area contributed by atoms with E-state index in [1.807, 2.05) is 25.5 Å². The second kappa shape index (κ2) is 7.03. The number of thiazole rings is 1. The van der Waals surface area contributed by atoms with E-state index < -0.39 is 15.9 Å². The first kappa shape index (κ1) is 19.5. The van der Waals surface area contributed by atoms with Gasteiger partial charge in [-0.25, -0.2) is 12.7 Å². The summed E-state index contributed by atoms with van der Waals surface area (Å²) in [6.45, 7) is 4.07. The summed E-state index contributed by atoms with van der Waals surface area (Å²) in [5.74, 6) is -0.402. The van der Waals surface area contributed by atoms with Gasteiger partial charge in [-0.2, -0.15) is 4.99 Å². The minimum Gasteiger partial charge on any atom is -0.319 e. The smallest absolute Gasteiger partial charge is 0.279 e. The van der Waals surface area contributed by atoms with E-state index in [2.05, 4.69) is 17.1 Å². The molecule has 0 spiro atoms. The van der Waals surface area contributed by atoms with Crippen molar-refractivity contribution in [2.24, 2.45) is 12.0 Å². The van der Waals surface area contributed by atoms with E-state index in [4.69, 9.17) is 0 Å². The Morgan fingerprint density at radius 1 is 1.04 bits per heavy atom. The number of hydrogen-bond donors (Lipinski definition) is 0. The zero-order chi connectivity index (χ0) is 19.9. The quantitative estimate of drug-likeness (QED) is 0.675. The fraction of sp³-hybridized carbons (Fsp3) is 0.263. The van der Waals surface area contributed by atoms with Crippen molar-refractivity contribution in [3.8, 4) is 0 Å². The molecule has 0 unspecified atom stereocenters. The fourth-order valence-electron chi connectivity index (χ4n) is 2.80. The lowest BCUT2D eigenvalue weighted by atomic mass is 10.1. The molecule has 0 fully saturated rings. The number of aryl methyl sites for hydroxylation is 3. The molecule has 0 aliphatic carbocycles. The van der Waals surface area contributed by atoms with Crippen molar-refractivity contribution >= 4 is 37.5 Å². The molecule has 0 aliphatic heterocycles. The third-order valence-corrected chi connectivity index (χ3v) is 7.52. The van der Waals surface area contributed by atoms with Crippen LogP contribution in [-0.4, -0.2) is 37.3 Å². The molecule has 6 nitrogen and oxygen atoms in total. The first-order chi connectivity index (χ1) is 12.6. The third-order valence-electron chi connectivity index (χ3n) is 4.42. The van der Waals surface area contributed by atoms with Gasteiger partial charge in [-0.3, -0.25) is 4.79 Å². The van der Waals surface area contributed by atoms with Crippen molar-refractivity contribution in [1.82, 2.24) is 8.87 Å².